The van der Waals surface area contributed by atoms with E-state index in [1.165, 1.54) is 6.07 Å². The minimum Gasteiger partial charge on any atom is -0.477 e. The standard InChI is InChI=1S/C15H10ClNO4/c16-10-6-7-12-11(8-10)13(18)21-15(17-12,14(19)20)9-4-2-1-3-5-9/h1-8,17H,(H,19,20). The second kappa shape index (κ2) is 4.79. The maximum Gasteiger partial charge on any atom is 0.375 e. The summed E-state index contributed by atoms with van der Waals surface area (Å²) in [5, 5.41) is 12.7. The molecule has 0 radical (unpaired) electrons. The van der Waals surface area contributed by atoms with Crippen molar-refractivity contribution in [2.45, 2.75) is 5.72 Å². The summed E-state index contributed by atoms with van der Waals surface area (Å²) in [6.07, 6.45) is 0. The Morgan fingerprint density at radius 2 is 1.90 bits per heavy atom. The van der Waals surface area contributed by atoms with E-state index in [4.69, 9.17) is 16.3 Å². The lowest BCUT2D eigenvalue weighted by molar-refractivity contribution is -0.157. The fourth-order valence-electron chi connectivity index (χ4n) is 2.23. The molecule has 3 rings (SSSR count). The predicted molar refractivity (Wildman–Crippen MR) is 76.2 cm³/mol. The second-order valence-electron chi connectivity index (χ2n) is 4.56. The quantitative estimate of drug-likeness (QED) is 0.834. The molecule has 2 aromatic rings. The van der Waals surface area contributed by atoms with Crippen molar-refractivity contribution in [3.05, 3.63) is 64.7 Å². The molecule has 0 spiro atoms. The summed E-state index contributed by atoms with van der Waals surface area (Å²) >= 11 is 5.84. The molecule has 6 heteroatoms. The van der Waals surface area contributed by atoms with E-state index in [0.717, 1.165) is 0 Å². The van der Waals surface area contributed by atoms with Crippen molar-refractivity contribution in [3.8, 4) is 0 Å². The van der Waals surface area contributed by atoms with Crippen molar-refractivity contribution in [2.24, 2.45) is 0 Å². The first-order valence-electron chi connectivity index (χ1n) is 6.13. The molecule has 1 aliphatic rings. The maximum absolute atomic E-state index is 12.1. The topological polar surface area (TPSA) is 75.6 Å². The van der Waals surface area contributed by atoms with Gasteiger partial charge in [0.1, 0.15) is 0 Å². The van der Waals surface area contributed by atoms with Gasteiger partial charge in [0, 0.05) is 10.6 Å². The number of aliphatic carboxylic acids is 1. The summed E-state index contributed by atoms with van der Waals surface area (Å²) < 4.78 is 5.19. The van der Waals surface area contributed by atoms with E-state index in [1.807, 2.05) is 0 Å². The first-order chi connectivity index (χ1) is 10.0. The molecule has 1 atom stereocenters. The number of ether oxygens (including phenoxy) is 1. The number of carbonyl (C=O) groups excluding carboxylic acids is 1. The fourth-order valence-corrected chi connectivity index (χ4v) is 2.40. The zero-order chi connectivity index (χ0) is 15.0. The lowest BCUT2D eigenvalue weighted by Crippen LogP contribution is -2.50. The zero-order valence-corrected chi connectivity index (χ0v) is 11.4. The number of carboxylic acid groups (broad SMARTS) is 1. The number of anilines is 1. The molecule has 0 saturated heterocycles. The first-order valence-corrected chi connectivity index (χ1v) is 6.51. The minimum atomic E-state index is -1.95. The van der Waals surface area contributed by atoms with Gasteiger partial charge in [-0.3, -0.25) is 0 Å². The Labute approximate surface area is 125 Å². The van der Waals surface area contributed by atoms with Crippen molar-refractivity contribution in [2.75, 3.05) is 5.32 Å². The lowest BCUT2D eigenvalue weighted by Gasteiger charge is -2.35. The van der Waals surface area contributed by atoms with Gasteiger partial charge in [-0.05, 0) is 18.2 Å². The van der Waals surface area contributed by atoms with E-state index in [2.05, 4.69) is 5.32 Å². The molecule has 21 heavy (non-hydrogen) atoms. The summed E-state index contributed by atoms with van der Waals surface area (Å²) in [7, 11) is 0. The molecule has 2 aromatic carbocycles. The van der Waals surface area contributed by atoms with Crippen LogP contribution in [-0.4, -0.2) is 17.0 Å². The maximum atomic E-state index is 12.1. The van der Waals surface area contributed by atoms with Crippen LogP contribution in [0.4, 0.5) is 5.69 Å². The minimum absolute atomic E-state index is 0.204. The lowest BCUT2D eigenvalue weighted by atomic mass is 9.99. The molecule has 0 fully saturated rings. The van der Waals surface area contributed by atoms with Gasteiger partial charge in [-0.1, -0.05) is 41.9 Å². The van der Waals surface area contributed by atoms with E-state index >= 15 is 0 Å². The zero-order valence-electron chi connectivity index (χ0n) is 10.7. The van der Waals surface area contributed by atoms with E-state index < -0.39 is 17.7 Å². The van der Waals surface area contributed by atoms with Gasteiger partial charge >= 0.3 is 17.7 Å². The smallest absolute Gasteiger partial charge is 0.375 e. The van der Waals surface area contributed by atoms with Gasteiger partial charge in [0.25, 0.3) is 0 Å². The van der Waals surface area contributed by atoms with Gasteiger partial charge in [0.05, 0.1) is 11.3 Å². The molecule has 1 aliphatic heterocycles. The summed E-state index contributed by atoms with van der Waals surface area (Å²) in [4.78, 5) is 23.9. The fraction of sp³-hybridized carbons (Fsp3) is 0.0667. The van der Waals surface area contributed by atoms with Crippen molar-refractivity contribution in [1.82, 2.24) is 0 Å². The average Bonchev–Trinajstić information content (AvgIpc) is 2.48. The van der Waals surface area contributed by atoms with E-state index in [0.29, 0.717) is 16.3 Å². The highest BCUT2D eigenvalue weighted by Gasteiger charge is 2.48. The van der Waals surface area contributed by atoms with Crippen LogP contribution in [-0.2, 0) is 15.3 Å². The average molecular weight is 304 g/mol. The molecule has 106 valence electrons. The molecular weight excluding hydrogens is 294 g/mol. The third kappa shape index (κ3) is 2.11. The Bertz CT molecular complexity index is 732. The van der Waals surface area contributed by atoms with E-state index in [-0.39, 0.29) is 5.56 Å². The van der Waals surface area contributed by atoms with Gasteiger partial charge in [0.2, 0.25) is 0 Å². The third-order valence-electron chi connectivity index (χ3n) is 3.24. The highest BCUT2D eigenvalue weighted by molar-refractivity contribution is 6.31. The Morgan fingerprint density at radius 3 is 2.57 bits per heavy atom. The van der Waals surface area contributed by atoms with Gasteiger partial charge in [-0.25, -0.2) is 9.59 Å². The van der Waals surface area contributed by atoms with Crippen molar-refractivity contribution in [3.63, 3.8) is 0 Å². The van der Waals surface area contributed by atoms with Crippen molar-refractivity contribution >= 4 is 29.2 Å². The number of cyclic esters (lactones) is 1. The van der Waals surface area contributed by atoms with Crippen molar-refractivity contribution < 1.29 is 19.4 Å². The van der Waals surface area contributed by atoms with Crippen LogP contribution in [0.15, 0.2) is 48.5 Å². The molecule has 2 N–H and O–H groups in total. The Balaban J connectivity index is 2.16. The molecule has 5 nitrogen and oxygen atoms in total. The molecule has 1 heterocycles. The number of fused-ring (bicyclic) bond motifs is 1. The highest BCUT2D eigenvalue weighted by atomic mass is 35.5. The van der Waals surface area contributed by atoms with Crippen LogP contribution in [0, 0.1) is 0 Å². The Morgan fingerprint density at radius 1 is 1.19 bits per heavy atom. The number of hydrogen-bond acceptors (Lipinski definition) is 4. The summed E-state index contributed by atoms with van der Waals surface area (Å²) in [5.41, 5.74) is -1.05. The van der Waals surface area contributed by atoms with E-state index in [9.17, 15) is 14.7 Å². The molecule has 0 amide bonds. The first kappa shape index (κ1) is 13.5. The second-order valence-corrected chi connectivity index (χ2v) is 4.99. The van der Waals surface area contributed by atoms with Gasteiger partial charge in [-0.15, -0.1) is 0 Å². The number of esters is 1. The molecule has 0 saturated carbocycles. The summed E-state index contributed by atoms with van der Waals surface area (Å²) in [6.45, 7) is 0. The van der Waals surface area contributed by atoms with Gasteiger partial charge < -0.3 is 15.2 Å². The van der Waals surface area contributed by atoms with E-state index in [1.54, 1.807) is 42.5 Å². The Hall–Kier alpha value is -2.53. The van der Waals surface area contributed by atoms with Gasteiger partial charge in [-0.2, -0.15) is 0 Å². The number of benzene rings is 2. The molecule has 0 aromatic heterocycles. The predicted octanol–water partition coefficient (Wildman–Crippen LogP) is 2.86. The van der Waals surface area contributed by atoms with Crippen LogP contribution >= 0.6 is 11.6 Å². The number of carbonyl (C=O) groups is 2. The molecule has 0 aliphatic carbocycles. The highest BCUT2D eigenvalue weighted by Crippen LogP contribution is 2.36. The number of halogens is 1. The summed E-state index contributed by atoms with van der Waals surface area (Å²) in [6, 6.07) is 12.8. The van der Waals surface area contributed by atoms with Crippen LogP contribution in [0.1, 0.15) is 15.9 Å². The van der Waals surface area contributed by atoms with Crippen LogP contribution in [0.5, 0.6) is 0 Å². The van der Waals surface area contributed by atoms with Gasteiger partial charge in [0.15, 0.2) is 0 Å². The SMILES string of the molecule is O=C1OC(C(=O)O)(c2ccccc2)Nc2ccc(Cl)cc21. The van der Waals surface area contributed by atoms with Crippen LogP contribution in [0.25, 0.3) is 0 Å². The third-order valence-corrected chi connectivity index (χ3v) is 3.47. The monoisotopic (exact) mass is 303 g/mol. The number of carboxylic acids is 1. The molecular formula is C15H10ClNO4. The summed E-state index contributed by atoms with van der Waals surface area (Å²) in [5.74, 6) is -2.04. The largest absolute Gasteiger partial charge is 0.477 e. The van der Waals surface area contributed by atoms with Crippen LogP contribution in [0.3, 0.4) is 0 Å². The van der Waals surface area contributed by atoms with Crippen LogP contribution < -0.4 is 5.32 Å². The number of nitrogens with one attached hydrogen (secondary N) is 1. The number of rotatable bonds is 2. The van der Waals surface area contributed by atoms with Crippen molar-refractivity contribution in [1.29, 1.82) is 0 Å². The van der Waals surface area contributed by atoms with Crippen LogP contribution in [0.2, 0.25) is 5.02 Å². The molecule has 0 bridgehead atoms. The molecule has 1 unspecified atom stereocenters. The Kier molecular flexibility index (Phi) is 3.07. The normalized spacial score (nSPS) is 20.1. The number of hydrogen-bond donors (Lipinski definition) is 2.